The largest absolute Gasteiger partial charge is 0.353 e. The van der Waals surface area contributed by atoms with Gasteiger partial charge in [-0.3, -0.25) is 4.79 Å². The van der Waals surface area contributed by atoms with Gasteiger partial charge in [-0.25, -0.2) is 0 Å². The Bertz CT molecular complexity index is 389. The molecule has 0 radical (unpaired) electrons. The molecule has 1 aliphatic carbocycles. The van der Waals surface area contributed by atoms with Crippen molar-refractivity contribution in [3.63, 3.8) is 0 Å². The van der Waals surface area contributed by atoms with Crippen molar-refractivity contribution in [1.29, 1.82) is 0 Å². The Morgan fingerprint density at radius 2 is 2.11 bits per heavy atom. The third-order valence-corrected chi connectivity index (χ3v) is 3.38. The van der Waals surface area contributed by atoms with Gasteiger partial charge in [0.25, 0.3) is 0 Å². The number of hydrogen-bond donors (Lipinski definition) is 2. The Kier molecular flexibility index (Phi) is 4.33. The molecule has 18 heavy (non-hydrogen) atoms. The van der Waals surface area contributed by atoms with Crippen molar-refractivity contribution in [1.82, 2.24) is 10.2 Å². The number of nitrogens with two attached hydrogens (primary N) is 1. The van der Waals surface area contributed by atoms with Gasteiger partial charge in [-0.2, -0.15) is 0 Å². The SMILES string of the molecule is CN(CCNC(=O)[C@@H](N)c1ccccc1)C1CC1. The molecule has 1 saturated carbocycles. The zero-order valence-electron chi connectivity index (χ0n) is 10.8. The number of hydrogen-bond acceptors (Lipinski definition) is 3. The fraction of sp³-hybridized carbons (Fsp3) is 0.500. The fourth-order valence-corrected chi connectivity index (χ4v) is 1.98. The number of nitrogens with one attached hydrogen (secondary N) is 1. The Labute approximate surface area is 108 Å². The first-order valence-corrected chi connectivity index (χ1v) is 6.47. The summed E-state index contributed by atoms with van der Waals surface area (Å²) in [5.74, 6) is -0.106. The molecule has 0 unspecified atom stereocenters. The number of carbonyl (C=O) groups is 1. The van der Waals surface area contributed by atoms with Gasteiger partial charge < -0.3 is 16.0 Å². The Morgan fingerprint density at radius 3 is 2.72 bits per heavy atom. The van der Waals surface area contributed by atoms with Crippen LogP contribution in [0.3, 0.4) is 0 Å². The number of likely N-dealkylation sites (N-methyl/N-ethyl adjacent to an activating group) is 1. The summed E-state index contributed by atoms with van der Waals surface area (Å²) in [5.41, 5.74) is 6.75. The third-order valence-electron chi connectivity index (χ3n) is 3.38. The second-order valence-corrected chi connectivity index (χ2v) is 4.89. The molecule has 4 nitrogen and oxygen atoms in total. The van der Waals surface area contributed by atoms with Gasteiger partial charge in [0.05, 0.1) is 0 Å². The average molecular weight is 247 g/mol. The molecule has 1 amide bonds. The van der Waals surface area contributed by atoms with Crippen LogP contribution in [0.25, 0.3) is 0 Å². The van der Waals surface area contributed by atoms with Crippen LogP contribution in [0.5, 0.6) is 0 Å². The molecule has 0 heterocycles. The van der Waals surface area contributed by atoms with E-state index in [2.05, 4.69) is 17.3 Å². The minimum absolute atomic E-state index is 0.106. The van der Waals surface area contributed by atoms with Crippen LogP contribution in [-0.4, -0.2) is 37.0 Å². The predicted octanol–water partition coefficient (Wildman–Crippen LogP) is 0.897. The fourth-order valence-electron chi connectivity index (χ4n) is 1.98. The van der Waals surface area contributed by atoms with Crippen molar-refractivity contribution in [3.05, 3.63) is 35.9 Å². The molecule has 4 heteroatoms. The van der Waals surface area contributed by atoms with E-state index in [0.29, 0.717) is 6.54 Å². The van der Waals surface area contributed by atoms with E-state index >= 15 is 0 Å². The third kappa shape index (κ3) is 3.55. The van der Waals surface area contributed by atoms with E-state index in [1.807, 2.05) is 30.3 Å². The number of rotatable bonds is 6. The molecule has 1 aromatic rings. The van der Waals surface area contributed by atoms with Crippen molar-refractivity contribution >= 4 is 5.91 Å². The summed E-state index contributed by atoms with van der Waals surface area (Å²) in [6.45, 7) is 1.55. The second-order valence-electron chi connectivity index (χ2n) is 4.89. The predicted molar refractivity (Wildman–Crippen MR) is 72.0 cm³/mol. The smallest absolute Gasteiger partial charge is 0.241 e. The standard InChI is InChI=1S/C14H21N3O/c1-17(12-7-8-12)10-9-16-14(18)13(15)11-5-3-2-4-6-11/h2-6,12-13H,7-10,15H2,1H3,(H,16,18)/t13-/m0/s1. The summed E-state index contributed by atoms with van der Waals surface area (Å²) >= 11 is 0. The molecule has 3 N–H and O–H groups in total. The van der Waals surface area contributed by atoms with Crippen LogP contribution in [0.1, 0.15) is 24.4 Å². The second kappa shape index (κ2) is 5.98. The van der Waals surface area contributed by atoms with Crippen molar-refractivity contribution in [2.45, 2.75) is 24.9 Å². The normalized spacial score (nSPS) is 16.6. The molecule has 1 aromatic carbocycles. The molecular formula is C14H21N3O. The minimum atomic E-state index is -0.572. The first-order chi connectivity index (χ1) is 8.68. The molecule has 0 aliphatic heterocycles. The van der Waals surface area contributed by atoms with Gasteiger partial charge in [-0.1, -0.05) is 30.3 Å². The van der Waals surface area contributed by atoms with Crippen LogP contribution in [0.2, 0.25) is 0 Å². The van der Waals surface area contributed by atoms with Gasteiger partial charge in [0.1, 0.15) is 6.04 Å². The van der Waals surface area contributed by atoms with Crippen LogP contribution >= 0.6 is 0 Å². The molecular weight excluding hydrogens is 226 g/mol. The van der Waals surface area contributed by atoms with Gasteiger partial charge in [0.2, 0.25) is 5.91 Å². The number of amides is 1. The van der Waals surface area contributed by atoms with Crippen molar-refractivity contribution in [2.75, 3.05) is 20.1 Å². The molecule has 98 valence electrons. The lowest BCUT2D eigenvalue weighted by atomic mass is 10.1. The van der Waals surface area contributed by atoms with Gasteiger partial charge >= 0.3 is 0 Å². The Balaban J connectivity index is 1.73. The van der Waals surface area contributed by atoms with Gasteiger partial charge in [-0.05, 0) is 25.5 Å². The lowest BCUT2D eigenvalue weighted by molar-refractivity contribution is -0.122. The van der Waals surface area contributed by atoms with E-state index in [1.54, 1.807) is 0 Å². The van der Waals surface area contributed by atoms with Crippen molar-refractivity contribution in [2.24, 2.45) is 5.73 Å². The molecule has 1 aliphatic rings. The molecule has 1 atom stereocenters. The summed E-state index contributed by atoms with van der Waals surface area (Å²) in [5, 5.41) is 2.89. The van der Waals surface area contributed by atoms with Crippen LogP contribution in [-0.2, 0) is 4.79 Å². The van der Waals surface area contributed by atoms with Crippen LogP contribution in [0.15, 0.2) is 30.3 Å². The molecule has 0 bridgehead atoms. The number of carbonyl (C=O) groups excluding carboxylic acids is 1. The maximum atomic E-state index is 11.9. The Hall–Kier alpha value is -1.39. The summed E-state index contributed by atoms with van der Waals surface area (Å²) in [6.07, 6.45) is 2.57. The van der Waals surface area contributed by atoms with Crippen molar-refractivity contribution in [3.8, 4) is 0 Å². The molecule has 0 spiro atoms. The Morgan fingerprint density at radius 1 is 1.44 bits per heavy atom. The summed E-state index contributed by atoms with van der Waals surface area (Å²) in [7, 11) is 2.10. The highest BCUT2D eigenvalue weighted by atomic mass is 16.2. The van der Waals surface area contributed by atoms with Gasteiger partial charge in [0, 0.05) is 19.1 Å². The zero-order valence-corrected chi connectivity index (χ0v) is 10.8. The van der Waals surface area contributed by atoms with E-state index in [1.165, 1.54) is 12.8 Å². The monoisotopic (exact) mass is 247 g/mol. The summed E-state index contributed by atoms with van der Waals surface area (Å²) in [4.78, 5) is 14.1. The first kappa shape index (κ1) is 13.1. The van der Waals surface area contributed by atoms with Gasteiger partial charge in [-0.15, -0.1) is 0 Å². The molecule has 0 saturated heterocycles. The lowest BCUT2D eigenvalue weighted by Gasteiger charge is -2.17. The zero-order chi connectivity index (χ0) is 13.0. The molecule has 2 rings (SSSR count). The van der Waals surface area contributed by atoms with E-state index in [4.69, 9.17) is 5.73 Å². The summed E-state index contributed by atoms with van der Waals surface area (Å²) < 4.78 is 0. The minimum Gasteiger partial charge on any atom is -0.353 e. The lowest BCUT2D eigenvalue weighted by Crippen LogP contribution is -2.38. The van der Waals surface area contributed by atoms with Crippen LogP contribution in [0.4, 0.5) is 0 Å². The number of benzene rings is 1. The van der Waals surface area contributed by atoms with Crippen molar-refractivity contribution < 1.29 is 4.79 Å². The topological polar surface area (TPSA) is 58.4 Å². The highest BCUT2D eigenvalue weighted by Crippen LogP contribution is 2.24. The van der Waals surface area contributed by atoms with Crippen LogP contribution < -0.4 is 11.1 Å². The summed E-state index contributed by atoms with van der Waals surface area (Å²) in [6, 6.07) is 9.61. The van der Waals surface area contributed by atoms with Crippen LogP contribution in [0, 0.1) is 0 Å². The maximum Gasteiger partial charge on any atom is 0.241 e. The first-order valence-electron chi connectivity index (χ1n) is 6.47. The highest BCUT2D eigenvalue weighted by molar-refractivity contribution is 5.82. The van der Waals surface area contributed by atoms with E-state index < -0.39 is 6.04 Å². The average Bonchev–Trinajstić information content (AvgIpc) is 3.23. The molecule has 0 aromatic heterocycles. The van der Waals surface area contributed by atoms with E-state index in [0.717, 1.165) is 18.2 Å². The maximum absolute atomic E-state index is 11.9. The quantitative estimate of drug-likeness (QED) is 0.785. The van der Waals surface area contributed by atoms with E-state index in [9.17, 15) is 4.79 Å². The molecule has 1 fully saturated rings. The van der Waals surface area contributed by atoms with E-state index in [-0.39, 0.29) is 5.91 Å². The van der Waals surface area contributed by atoms with Gasteiger partial charge in [0.15, 0.2) is 0 Å². The highest BCUT2D eigenvalue weighted by Gasteiger charge is 2.25. The number of nitrogens with zero attached hydrogens (tertiary/aromatic N) is 1.